The van der Waals surface area contributed by atoms with Crippen molar-refractivity contribution in [3.63, 3.8) is 0 Å². The van der Waals surface area contributed by atoms with E-state index in [-0.39, 0.29) is 5.91 Å². The molecule has 5 heteroatoms. The fourth-order valence-electron chi connectivity index (χ4n) is 2.51. The van der Waals surface area contributed by atoms with E-state index in [4.69, 9.17) is 11.6 Å². The van der Waals surface area contributed by atoms with Crippen molar-refractivity contribution in [1.82, 2.24) is 10.2 Å². The van der Waals surface area contributed by atoms with Crippen LogP contribution in [0, 0.1) is 6.92 Å². The second-order valence-electron chi connectivity index (χ2n) is 5.61. The van der Waals surface area contributed by atoms with E-state index in [0.717, 1.165) is 28.5 Å². The number of hydrogen-bond acceptors (Lipinski definition) is 2. The number of nitrogens with zero attached hydrogens (tertiary/aromatic N) is 1. The van der Waals surface area contributed by atoms with Crippen LogP contribution in [0.3, 0.4) is 0 Å². The quantitative estimate of drug-likeness (QED) is 0.713. The Balaban J connectivity index is 2.04. The van der Waals surface area contributed by atoms with Gasteiger partial charge in [0.05, 0.1) is 10.5 Å². The zero-order valence-electron chi connectivity index (χ0n) is 13.1. The maximum absolute atomic E-state index is 11.8. The van der Waals surface area contributed by atoms with E-state index in [1.165, 1.54) is 5.56 Å². The van der Waals surface area contributed by atoms with Gasteiger partial charge in [0.15, 0.2) is 5.82 Å². The van der Waals surface area contributed by atoms with Gasteiger partial charge in [0, 0.05) is 17.4 Å². The van der Waals surface area contributed by atoms with Gasteiger partial charge in [-0.25, -0.2) is 0 Å². The molecule has 0 saturated carbocycles. The first-order chi connectivity index (χ1) is 11.1. The summed E-state index contributed by atoms with van der Waals surface area (Å²) in [5.74, 6) is 0.510. The van der Waals surface area contributed by atoms with Crippen LogP contribution in [-0.4, -0.2) is 16.1 Å². The number of amides is 1. The maximum Gasteiger partial charge on any atom is 0.225 e. The van der Waals surface area contributed by atoms with Gasteiger partial charge in [-0.1, -0.05) is 48.4 Å². The number of hydrogen-bond donors (Lipinski definition) is 2. The third-order valence-corrected chi connectivity index (χ3v) is 4.06. The molecule has 0 aliphatic carbocycles. The normalized spacial score (nSPS) is 10.9. The molecule has 3 aromatic rings. The van der Waals surface area contributed by atoms with Crippen LogP contribution in [0.1, 0.15) is 25.3 Å². The molecule has 1 aromatic heterocycles. The topological polar surface area (TPSA) is 57.8 Å². The molecule has 0 aliphatic heterocycles. The van der Waals surface area contributed by atoms with Gasteiger partial charge >= 0.3 is 0 Å². The van der Waals surface area contributed by atoms with Gasteiger partial charge in [-0.3, -0.25) is 9.89 Å². The number of fused-ring (bicyclic) bond motifs is 1. The summed E-state index contributed by atoms with van der Waals surface area (Å²) in [5.41, 5.74) is 3.96. The summed E-state index contributed by atoms with van der Waals surface area (Å²) in [7, 11) is 0. The van der Waals surface area contributed by atoms with Crippen molar-refractivity contribution in [2.24, 2.45) is 0 Å². The Kier molecular flexibility index (Phi) is 4.35. The Hall–Kier alpha value is -2.33. The number of carbonyl (C=O) groups is 1. The van der Waals surface area contributed by atoms with Crippen LogP contribution in [0.5, 0.6) is 0 Å². The number of carbonyl (C=O) groups excluding carboxylic acids is 1. The van der Waals surface area contributed by atoms with E-state index < -0.39 is 0 Å². The Bertz CT molecular complexity index is 853. The highest BCUT2D eigenvalue weighted by atomic mass is 35.5. The van der Waals surface area contributed by atoms with Crippen molar-refractivity contribution >= 4 is 34.2 Å². The van der Waals surface area contributed by atoms with Crippen molar-refractivity contribution in [2.45, 2.75) is 26.7 Å². The van der Waals surface area contributed by atoms with Gasteiger partial charge in [0.25, 0.3) is 0 Å². The number of anilines is 1. The van der Waals surface area contributed by atoms with Crippen molar-refractivity contribution in [3.05, 3.63) is 47.0 Å². The van der Waals surface area contributed by atoms with Gasteiger partial charge in [0.2, 0.25) is 5.91 Å². The number of aromatic nitrogens is 2. The molecule has 0 spiro atoms. The monoisotopic (exact) mass is 327 g/mol. The van der Waals surface area contributed by atoms with E-state index >= 15 is 0 Å². The van der Waals surface area contributed by atoms with Gasteiger partial charge < -0.3 is 5.32 Å². The molecular weight excluding hydrogens is 310 g/mol. The molecule has 3 rings (SSSR count). The van der Waals surface area contributed by atoms with E-state index in [0.29, 0.717) is 17.3 Å². The van der Waals surface area contributed by atoms with Crippen LogP contribution in [0.2, 0.25) is 5.02 Å². The molecule has 0 unspecified atom stereocenters. The van der Waals surface area contributed by atoms with Gasteiger partial charge in [-0.05, 0) is 31.0 Å². The van der Waals surface area contributed by atoms with Crippen LogP contribution >= 0.6 is 11.6 Å². The zero-order chi connectivity index (χ0) is 16.4. The second-order valence-corrected chi connectivity index (χ2v) is 6.02. The van der Waals surface area contributed by atoms with Crippen LogP contribution in [0.25, 0.3) is 22.0 Å². The molecular formula is C18H18ClN3O. The number of aromatic amines is 1. The predicted octanol–water partition coefficient (Wildman–Crippen LogP) is 4.93. The van der Waals surface area contributed by atoms with Crippen LogP contribution in [0.4, 0.5) is 5.82 Å². The Morgan fingerprint density at radius 2 is 2.00 bits per heavy atom. The molecule has 1 heterocycles. The smallest absolute Gasteiger partial charge is 0.225 e. The van der Waals surface area contributed by atoms with Crippen molar-refractivity contribution in [1.29, 1.82) is 0 Å². The summed E-state index contributed by atoms with van der Waals surface area (Å²) in [6.45, 7) is 4.02. The van der Waals surface area contributed by atoms with Crippen LogP contribution in [-0.2, 0) is 4.79 Å². The minimum Gasteiger partial charge on any atom is -0.309 e. The van der Waals surface area contributed by atoms with Gasteiger partial charge in [-0.2, -0.15) is 5.10 Å². The third kappa shape index (κ3) is 3.22. The molecule has 23 heavy (non-hydrogen) atoms. The zero-order valence-corrected chi connectivity index (χ0v) is 13.9. The number of benzene rings is 2. The first-order valence-corrected chi connectivity index (χ1v) is 8.01. The summed E-state index contributed by atoms with van der Waals surface area (Å²) >= 11 is 6.41. The fraction of sp³-hybridized carbons (Fsp3) is 0.222. The summed E-state index contributed by atoms with van der Waals surface area (Å²) < 4.78 is 0. The first-order valence-electron chi connectivity index (χ1n) is 7.63. The summed E-state index contributed by atoms with van der Waals surface area (Å²) in [6, 6.07) is 12.0. The number of nitrogens with one attached hydrogen (secondary N) is 2. The van der Waals surface area contributed by atoms with Gasteiger partial charge in [0.1, 0.15) is 0 Å². The molecule has 4 nitrogen and oxygen atoms in total. The molecule has 118 valence electrons. The van der Waals surface area contributed by atoms with Crippen molar-refractivity contribution in [2.75, 3.05) is 5.32 Å². The number of halogens is 1. The van der Waals surface area contributed by atoms with E-state index in [1.807, 2.05) is 38.1 Å². The number of rotatable bonds is 4. The number of H-pyrrole nitrogens is 1. The number of aryl methyl sites for hydroxylation is 1. The highest BCUT2D eigenvalue weighted by Crippen LogP contribution is 2.34. The third-order valence-electron chi connectivity index (χ3n) is 3.75. The molecule has 2 aromatic carbocycles. The summed E-state index contributed by atoms with van der Waals surface area (Å²) in [4.78, 5) is 11.8. The molecule has 0 atom stereocenters. The van der Waals surface area contributed by atoms with E-state index in [9.17, 15) is 4.79 Å². The Morgan fingerprint density at radius 3 is 2.70 bits per heavy atom. The lowest BCUT2D eigenvalue weighted by molar-refractivity contribution is -0.116. The molecule has 0 bridgehead atoms. The van der Waals surface area contributed by atoms with Crippen molar-refractivity contribution in [3.8, 4) is 11.1 Å². The Labute approximate surface area is 139 Å². The van der Waals surface area contributed by atoms with Crippen LogP contribution < -0.4 is 5.32 Å². The highest BCUT2D eigenvalue weighted by molar-refractivity contribution is 6.34. The SMILES string of the molecule is CCCC(=O)Nc1n[nH]c2cc(Cl)c(-c3ccc(C)cc3)cc12. The van der Waals surface area contributed by atoms with Gasteiger partial charge in [-0.15, -0.1) is 0 Å². The highest BCUT2D eigenvalue weighted by Gasteiger charge is 2.13. The first kappa shape index (κ1) is 15.6. The summed E-state index contributed by atoms with van der Waals surface area (Å²) in [6.07, 6.45) is 1.28. The standard InChI is InChI=1S/C18H18ClN3O/c1-3-4-17(23)20-18-14-9-13(12-7-5-11(2)6-8-12)15(19)10-16(14)21-22-18/h5-10H,3-4H2,1-2H3,(H2,20,21,22,23). The minimum absolute atomic E-state index is 0.0345. The fourth-order valence-corrected chi connectivity index (χ4v) is 2.78. The lowest BCUT2D eigenvalue weighted by Gasteiger charge is -2.07. The largest absolute Gasteiger partial charge is 0.309 e. The maximum atomic E-state index is 11.8. The molecule has 2 N–H and O–H groups in total. The molecule has 0 fully saturated rings. The molecule has 0 aliphatic rings. The average Bonchev–Trinajstić information content (AvgIpc) is 2.89. The Morgan fingerprint density at radius 1 is 1.26 bits per heavy atom. The lowest BCUT2D eigenvalue weighted by atomic mass is 10.0. The molecule has 1 amide bonds. The average molecular weight is 328 g/mol. The van der Waals surface area contributed by atoms with Crippen molar-refractivity contribution < 1.29 is 4.79 Å². The molecule has 0 radical (unpaired) electrons. The predicted molar refractivity (Wildman–Crippen MR) is 94.8 cm³/mol. The summed E-state index contributed by atoms with van der Waals surface area (Å²) in [5, 5.41) is 11.5. The molecule has 0 saturated heterocycles. The van der Waals surface area contributed by atoms with E-state index in [2.05, 4.69) is 27.6 Å². The van der Waals surface area contributed by atoms with E-state index in [1.54, 1.807) is 0 Å². The second kappa shape index (κ2) is 6.42. The lowest BCUT2D eigenvalue weighted by Crippen LogP contribution is -2.11. The van der Waals surface area contributed by atoms with Crippen LogP contribution in [0.15, 0.2) is 36.4 Å². The minimum atomic E-state index is -0.0345.